The molecule has 0 aliphatic heterocycles. The van der Waals surface area contributed by atoms with Gasteiger partial charge in [0.05, 0.1) is 0 Å². The van der Waals surface area contributed by atoms with Gasteiger partial charge in [-0.1, -0.05) is 6.07 Å². The summed E-state index contributed by atoms with van der Waals surface area (Å²) >= 11 is 0. The largest absolute Gasteiger partial charge is 0.477 e. The minimum atomic E-state index is -1.05. The zero-order valence-electron chi connectivity index (χ0n) is 8.58. The van der Waals surface area contributed by atoms with E-state index in [9.17, 15) is 4.79 Å². The summed E-state index contributed by atoms with van der Waals surface area (Å²) in [6.07, 6.45) is 1.78. The van der Waals surface area contributed by atoms with E-state index in [1.165, 1.54) is 6.07 Å². The highest BCUT2D eigenvalue weighted by Gasteiger charge is 2.05. The number of aryl methyl sites for hydroxylation is 1. The molecule has 0 fully saturated rings. The fraction of sp³-hybridized carbons (Fsp3) is 0.100. The third-order valence-corrected chi connectivity index (χ3v) is 1.94. The van der Waals surface area contributed by atoms with Crippen LogP contribution in [-0.4, -0.2) is 25.8 Å². The standard InChI is InChI=1S/C10H10N4O2/c1-14-6-5-9(13-14)12-8-4-2-3-7(11-8)10(15)16/h2-6H,1H3,(H,15,16)(H,11,12,13). The first-order valence-corrected chi connectivity index (χ1v) is 4.62. The van der Waals surface area contributed by atoms with Gasteiger partial charge in [0.15, 0.2) is 11.5 Å². The zero-order chi connectivity index (χ0) is 11.5. The van der Waals surface area contributed by atoms with Crippen LogP contribution < -0.4 is 5.32 Å². The molecular weight excluding hydrogens is 208 g/mol. The molecule has 0 saturated heterocycles. The predicted molar refractivity (Wildman–Crippen MR) is 57.7 cm³/mol. The third-order valence-electron chi connectivity index (χ3n) is 1.94. The number of carboxylic acids is 1. The van der Waals surface area contributed by atoms with Crippen LogP contribution in [0.25, 0.3) is 0 Å². The van der Waals surface area contributed by atoms with Gasteiger partial charge in [0.1, 0.15) is 5.82 Å². The molecule has 0 radical (unpaired) electrons. The van der Waals surface area contributed by atoms with E-state index in [1.807, 2.05) is 0 Å². The average molecular weight is 218 g/mol. The molecular formula is C10H10N4O2. The maximum atomic E-state index is 10.7. The van der Waals surface area contributed by atoms with Gasteiger partial charge in [-0.05, 0) is 12.1 Å². The van der Waals surface area contributed by atoms with Crippen molar-refractivity contribution in [1.29, 1.82) is 0 Å². The third kappa shape index (κ3) is 2.17. The molecule has 0 aliphatic rings. The number of aromatic carboxylic acids is 1. The van der Waals surface area contributed by atoms with Crippen LogP contribution in [0.2, 0.25) is 0 Å². The quantitative estimate of drug-likeness (QED) is 0.810. The predicted octanol–water partition coefficient (Wildman–Crippen LogP) is 1.26. The van der Waals surface area contributed by atoms with Crippen molar-refractivity contribution >= 4 is 17.6 Å². The lowest BCUT2D eigenvalue weighted by molar-refractivity contribution is 0.0690. The Balaban J connectivity index is 2.21. The molecule has 6 nitrogen and oxygen atoms in total. The fourth-order valence-corrected chi connectivity index (χ4v) is 1.24. The first kappa shape index (κ1) is 10.2. The molecule has 2 aromatic rings. The van der Waals surface area contributed by atoms with E-state index >= 15 is 0 Å². The summed E-state index contributed by atoms with van der Waals surface area (Å²) in [5.74, 6) is 0.0285. The van der Waals surface area contributed by atoms with Gasteiger partial charge in [0, 0.05) is 19.3 Å². The summed E-state index contributed by atoms with van der Waals surface area (Å²) < 4.78 is 1.64. The molecule has 0 unspecified atom stereocenters. The van der Waals surface area contributed by atoms with Crippen molar-refractivity contribution < 1.29 is 9.90 Å². The summed E-state index contributed by atoms with van der Waals surface area (Å²) in [5, 5.41) is 15.8. The maximum absolute atomic E-state index is 10.7. The SMILES string of the molecule is Cn1ccc(Nc2cccc(C(=O)O)n2)n1. The van der Waals surface area contributed by atoms with Gasteiger partial charge in [-0.2, -0.15) is 5.10 Å². The van der Waals surface area contributed by atoms with E-state index < -0.39 is 5.97 Å². The highest BCUT2D eigenvalue weighted by Crippen LogP contribution is 2.11. The summed E-state index contributed by atoms with van der Waals surface area (Å²) in [4.78, 5) is 14.6. The Morgan fingerprint density at radius 3 is 2.81 bits per heavy atom. The van der Waals surface area contributed by atoms with Crippen molar-refractivity contribution in [2.24, 2.45) is 7.05 Å². The van der Waals surface area contributed by atoms with E-state index in [0.29, 0.717) is 11.6 Å². The molecule has 82 valence electrons. The normalized spacial score (nSPS) is 10.1. The number of aromatic nitrogens is 3. The first-order valence-electron chi connectivity index (χ1n) is 4.62. The van der Waals surface area contributed by atoms with E-state index in [1.54, 1.807) is 36.1 Å². The smallest absolute Gasteiger partial charge is 0.354 e. The monoisotopic (exact) mass is 218 g/mol. The van der Waals surface area contributed by atoms with Gasteiger partial charge in [0.2, 0.25) is 0 Å². The van der Waals surface area contributed by atoms with Gasteiger partial charge in [-0.15, -0.1) is 0 Å². The van der Waals surface area contributed by atoms with Crippen LogP contribution in [0.15, 0.2) is 30.5 Å². The first-order chi connectivity index (χ1) is 7.65. The number of hydrogen-bond acceptors (Lipinski definition) is 4. The van der Waals surface area contributed by atoms with Crippen molar-refractivity contribution in [2.75, 3.05) is 5.32 Å². The van der Waals surface area contributed by atoms with Crippen molar-refractivity contribution in [2.45, 2.75) is 0 Å². The molecule has 0 bridgehead atoms. The molecule has 0 spiro atoms. The summed E-state index contributed by atoms with van der Waals surface area (Å²) in [6, 6.07) is 6.52. The van der Waals surface area contributed by atoms with Crippen molar-refractivity contribution in [3.05, 3.63) is 36.2 Å². The van der Waals surface area contributed by atoms with Crippen molar-refractivity contribution in [3.63, 3.8) is 0 Å². The van der Waals surface area contributed by atoms with Gasteiger partial charge in [0.25, 0.3) is 0 Å². The minimum Gasteiger partial charge on any atom is -0.477 e. The number of pyridine rings is 1. The number of rotatable bonds is 3. The van der Waals surface area contributed by atoms with E-state index in [-0.39, 0.29) is 5.69 Å². The van der Waals surface area contributed by atoms with Crippen LogP contribution in [0.4, 0.5) is 11.6 Å². The summed E-state index contributed by atoms with van der Waals surface area (Å²) in [5.41, 5.74) is 0.000862. The molecule has 0 saturated carbocycles. The van der Waals surface area contributed by atoms with E-state index in [4.69, 9.17) is 5.11 Å². The number of nitrogens with one attached hydrogen (secondary N) is 1. The Bertz CT molecular complexity index is 521. The number of carboxylic acid groups (broad SMARTS) is 1. The van der Waals surface area contributed by atoms with E-state index in [0.717, 1.165) is 0 Å². The van der Waals surface area contributed by atoms with Gasteiger partial charge in [-0.3, -0.25) is 4.68 Å². The molecule has 0 aromatic carbocycles. The van der Waals surface area contributed by atoms with Crippen LogP contribution in [0, 0.1) is 0 Å². The summed E-state index contributed by atoms with van der Waals surface area (Å²) in [6.45, 7) is 0. The highest BCUT2D eigenvalue weighted by atomic mass is 16.4. The highest BCUT2D eigenvalue weighted by molar-refractivity contribution is 5.85. The molecule has 0 atom stereocenters. The molecule has 0 amide bonds. The molecule has 16 heavy (non-hydrogen) atoms. The Kier molecular flexibility index (Phi) is 2.55. The number of nitrogens with zero attached hydrogens (tertiary/aromatic N) is 3. The van der Waals surface area contributed by atoms with Crippen LogP contribution in [-0.2, 0) is 7.05 Å². The number of anilines is 2. The number of carbonyl (C=O) groups is 1. The van der Waals surface area contributed by atoms with Crippen LogP contribution in [0.1, 0.15) is 10.5 Å². The van der Waals surface area contributed by atoms with Crippen molar-refractivity contribution in [3.8, 4) is 0 Å². The lowest BCUT2D eigenvalue weighted by Crippen LogP contribution is -2.03. The van der Waals surface area contributed by atoms with Gasteiger partial charge >= 0.3 is 5.97 Å². The second-order valence-electron chi connectivity index (χ2n) is 3.21. The van der Waals surface area contributed by atoms with Crippen molar-refractivity contribution in [1.82, 2.24) is 14.8 Å². The Morgan fingerprint density at radius 2 is 2.19 bits per heavy atom. The van der Waals surface area contributed by atoms with Gasteiger partial charge in [-0.25, -0.2) is 9.78 Å². The van der Waals surface area contributed by atoms with E-state index in [2.05, 4.69) is 15.4 Å². The van der Waals surface area contributed by atoms with Crippen LogP contribution >= 0.6 is 0 Å². The second-order valence-corrected chi connectivity index (χ2v) is 3.21. The average Bonchev–Trinajstić information content (AvgIpc) is 2.64. The Labute approximate surface area is 91.6 Å². The zero-order valence-corrected chi connectivity index (χ0v) is 8.58. The Hall–Kier alpha value is -2.37. The molecule has 2 aromatic heterocycles. The molecule has 0 aliphatic carbocycles. The summed E-state index contributed by atoms with van der Waals surface area (Å²) in [7, 11) is 1.80. The number of hydrogen-bond donors (Lipinski definition) is 2. The van der Waals surface area contributed by atoms with Crippen LogP contribution in [0.5, 0.6) is 0 Å². The Morgan fingerprint density at radius 1 is 1.38 bits per heavy atom. The molecule has 2 heterocycles. The lowest BCUT2D eigenvalue weighted by atomic mass is 10.3. The molecule has 2 N–H and O–H groups in total. The molecule has 6 heteroatoms. The van der Waals surface area contributed by atoms with Crippen LogP contribution in [0.3, 0.4) is 0 Å². The fourth-order valence-electron chi connectivity index (χ4n) is 1.24. The molecule has 2 rings (SSSR count). The topological polar surface area (TPSA) is 80.0 Å². The lowest BCUT2D eigenvalue weighted by Gasteiger charge is -2.02. The second kappa shape index (κ2) is 4.01. The maximum Gasteiger partial charge on any atom is 0.354 e. The van der Waals surface area contributed by atoms with Gasteiger partial charge < -0.3 is 10.4 Å². The minimum absolute atomic E-state index is 0.000862.